The molecule has 2 rings (SSSR count). The van der Waals surface area contributed by atoms with Gasteiger partial charge in [0.25, 0.3) is 5.56 Å². The van der Waals surface area contributed by atoms with Crippen molar-refractivity contribution in [1.82, 2.24) is 20.0 Å². The minimum atomic E-state index is -0.164. The predicted octanol–water partition coefficient (Wildman–Crippen LogP) is 0.275. The first kappa shape index (κ1) is 14.4. The van der Waals surface area contributed by atoms with Gasteiger partial charge in [-0.15, -0.1) is 10.2 Å². The van der Waals surface area contributed by atoms with Crippen LogP contribution in [0.1, 0.15) is 18.4 Å². The van der Waals surface area contributed by atoms with Gasteiger partial charge in [0.1, 0.15) is 5.01 Å². The number of hydrogen-bond acceptors (Lipinski definition) is 8. The van der Waals surface area contributed by atoms with Crippen LogP contribution in [0, 0.1) is 0 Å². The Balaban J connectivity index is 2.15. The zero-order valence-corrected chi connectivity index (χ0v) is 12.2. The average molecular weight is 295 g/mol. The highest BCUT2D eigenvalue weighted by Crippen LogP contribution is 2.14. The molecule has 0 aliphatic heterocycles. The summed E-state index contributed by atoms with van der Waals surface area (Å²) in [7, 11) is 1.94. The first-order valence-electron chi connectivity index (χ1n) is 6.21. The molecule has 8 nitrogen and oxygen atoms in total. The summed E-state index contributed by atoms with van der Waals surface area (Å²) in [6.45, 7) is 3.26. The fraction of sp³-hybridized carbons (Fsp3) is 0.455. The van der Waals surface area contributed by atoms with Crippen LogP contribution in [0.25, 0.3) is 0 Å². The molecule has 3 N–H and O–H groups in total. The molecule has 0 saturated carbocycles. The maximum absolute atomic E-state index is 12.0. The van der Waals surface area contributed by atoms with Gasteiger partial charge in [-0.25, -0.2) is 10.5 Å². The first-order chi connectivity index (χ1) is 9.63. The summed E-state index contributed by atoms with van der Waals surface area (Å²) in [5.41, 5.74) is 3.07. The molecular weight excluding hydrogens is 278 g/mol. The molecule has 0 radical (unpaired) electrons. The van der Waals surface area contributed by atoms with Crippen LogP contribution in [0.5, 0.6) is 0 Å². The molecule has 0 fully saturated rings. The lowest BCUT2D eigenvalue weighted by molar-refractivity contribution is 0.630. The van der Waals surface area contributed by atoms with Crippen molar-refractivity contribution in [3.63, 3.8) is 0 Å². The molecule has 2 aromatic heterocycles. The molecule has 0 amide bonds. The summed E-state index contributed by atoms with van der Waals surface area (Å²) in [6, 6.07) is 1.58. The summed E-state index contributed by atoms with van der Waals surface area (Å²) < 4.78 is 1.35. The van der Waals surface area contributed by atoms with Gasteiger partial charge in [0.05, 0.1) is 18.4 Å². The molecule has 0 aliphatic rings. The third kappa shape index (κ3) is 3.31. The third-order valence-corrected chi connectivity index (χ3v) is 3.57. The van der Waals surface area contributed by atoms with Crippen molar-refractivity contribution in [1.29, 1.82) is 0 Å². The van der Waals surface area contributed by atoms with E-state index in [-0.39, 0.29) is 12.1 Å². The summed E-state index contributed by atoms with van der Waals surface area (Å²) >= 11 is 1.29. The van der Waals surface area contributed by atoms with Crippen molar-refractivity contribution in [3.05, 3.63) is 27.6 Å². The van der Waals surface area contributed by atoms with Gasteiger partial charge in [-0.2, -0.15) is 5.10 Å². The summed E-state index contributed by atoms with van der Waals surface area (Å²) in [5.74, 6) is 5.24. The number of rotatable bonds is 6. The van der Waals surface area contributed by atoms with Crippen molar-refractivity contribution in [2.24, 2.45) is 5.84 Å². The number of hydrogen-bond donors (Lipinski definition) is 2. The van der Waals surface area contributed by atoms with Crippen LogP contribution in [-0.2, 0) is 6.54 Å². The molecule has 0 bridgehead atoms. The van der Waals surface area contributed by atoms with E-state index in [2.05, 4.69) is 27.6 Å². The van der Waals surface area contributed by atoms with Crippen molar-refractivity contribution in [3.8, 4) is 0 Å². The third-order valence-electron chi connectivity index (χ3n) is 2.73. The molecule has 0 spiro atoms. The highest BCUT2D eigenvalue weighted by Gasteiger charge is 2.08. The number of nitrogens with zero attached hydrogens (tertiary/aromatic N) is 5. The summed E-state index contributed by atoms with van der Waals surface area (Å²) in [6.07, 6.45) is 2.69. The number of nitrogens with two attached hydrogens (primary N) is 1. The Morgan fingerprint density at radius 3 is 2.90 bits per heavy atom. The zero-order chi connectivity index (χ0) is 14.5. The zero-order valence-electron chi connectivity index (χ0n) is 11.4. The van der Waals surface area contributed by atoms with E-state index < -0.39 is 0 Å². The van der Waals surface area contributed by atoms with Crippen LogP contribution in [0.4, 0.5) is 10.8 Å². The van der Waals surface area contributed by atoms with Crippen molar-refractivity contribution in [2.45, 2.75) is 19.9 Å². The second-order valence-electron chi connectivity index (χ2n) is 4.28. The number of aromatic nitrogens is 4. The summed E-state index contributed by atoms with van der Waals surface area (Å²) in [4.78, 5) is 14.0. The number of anilines is 2. The lowest BCUT2D eigenvalue weighted by atomic mass is 10.3. The highest BCUT2D eigenvalue weighted by molar-refractivity contribution is 7.15. The Morgan fingerprint density at radius 2 is 2.30 bits per heavy atom. The molecule has 20 heavy (non-hydrogen) atoms. The quantitative estimate of drug-likeness (QED) is 0.582. The van der Waals surface area contributed by atoms with E-state index in [0.717, 1.165) is 18.7 Å². The van der Waals surface area contributed by atoms with Gasteiger partial charge in [0.15, 0.2) is 0 Å². The van der Waals surface area contributed by atoms with Gasteiger partial charge in [-0.1, -0.05) is 18.3 Å². The van der Waals surface area contributed by atoms with Gasteiger partial charge in [0, 0.05) is 19.7 Å². The highest BCUT2D eigenvalue weighted by atomic mass is 32.1. The SMILES string of the molecule is CCCN(C)c1cnn(Cc2nnc(NN)s2)c(=O)c1. The minimum Gasteiger partial charge on any atom is -0.373 e. The maximum atomic E-state index is 12.0. The normalized spacial score (nSPS) is 10.6. The molecule has 0 atom stereocenters. The van der Waals surface area contributed by atoms with Crippen LogP contribution >= 0.6 is 11.3 Å². The second kappa shape index (κ2) is 6.44. The lowest BCUT2D eigenvalue weighted by Crippen LogP contribution is -2.26. The average Bonchev–Trinajstić information content (AvgIpc) is 2.89. The van der Waals surface area contributed by atoms with E-state index in [9.17, 15) is 4.79 Å². The maximum Gasteiger partial charge on any atom is 0.269 e. The van der Waals surface area contributed by atoms with Gasteiger partial charge >= 0.3 is 0 Å². The van der Waals surface area contributed by atoms with Crippen LogP contribution in [0.2, 0.25) is 0 Å². The van der Waals surface area contributed by atoms with Gasteiger partial charge in [-0.05, 0) is 6.42 Å². The Labute approximate surface area is 120 Å². The topological polar surface area (TPSA) is 102 Å². The van der Waals surface area contributed by atoms with Crippen LogP contribution < -0.4 is 21.7 Å². The summed E-state index contributed by atoms with van der Waals surface area (Å²) in [5, 5.41) is 13.1. The molecule has 108 valence electrons. The van der Waals surface area contributed by atoms with E-state index in [4.69, 9.17) is 5.84 Å². The number of nitrogens with one attached hydrogen (secondary N) is 1. The largest absolute Gasteiger partial charge is 0.373 e. The first-order valence-corrected chi connectivity index (χ1v) is 7.03. The van der Waals surface area contributed by atoms with E-state index >= 15 is 0 Å². The van der Waals surface area contributed by atoms with E-state index in [1.54, 1.807) is 12.3 Å². The van der Waals surface area contributed by atoms with Crippen molar-refractivity contribution < 1.29 is 0 Å². The van der Waals surface area contributed by atoms with E-state index in [1.807, 2.05) is 11.9 Å². The van der Waals surface area contributed by atoms with Crippen LogP contribution in [-0.4, -0.2) is 33.6 Å². The van der Waals surface area contributed by atoms with Crippen LogP contribution in [0.15, 0.2) is 17.1 Å². The van der Waals surface area contributed by atoms with Crippen LogP contribution in [0.3, 0.4) is 0 Å². The molecule has 9 heteroatoms. The predicted molar refractivity (Wildman–Crippen MR) is 78.9 cm³/mol. The second-order valence-corrected chi connectivity index (χ2v) is 5.34. The Bertz CT molecular complexity index is 623. The molecule has 0 aliphatic carbocycles. The Hall–Kier alpha value is -2.00. The number of hydrazine groups is 1. The van der Waals surface area contributed by atoms with E-state index in [1.165, 1.54) is 16.0 Å². The fourth-order valence-electron chi connectivity index (χ4n) is 1.72. The van der Waals surface area contributed by atoms with Crippen molar-refractivity contribution >= 4 is 22.2 Å². The van der Waals surface area contributed by atoms with Gasteiger partial charge in [0.2, 0.25) is 5.13 Å². The Kier molecular flexibility index (Phi) is 4.64. The fourth-order valence-corrected chi connectivity index (χ4v) is 2.35. The van der Waals surface area contributed by atoms with E-state index in [0.29, 0.717) is 10.1 Å². The van der Waals surface area contributed by atoms with Crippen molar-refractivity contribution in [2.75, 3.05) is 23.9 Å². The molecule has 2 heterocycles. The van der Waals surface area contributed by atoms with Gasteiger partial charge in [-0.3, -0.25) is 10.2 Å². The Morgan fingerprint density at radius 1 is 1.50 bits per heavy atom. The standard InChI is InChI=1S/C11H17N7OS/c1-3-4-17(2)8-5-10(19)18(13-6-8)7-9-15-16-11(14-12)20-9/h5-6H,3-4,7,12H2,1-2H3,(H,14,16). The molecule has 0 saturated heterocycles. The molecule has 0 unspecified atom stereocenters. The molecule has 0 aromatic carbocycles. The number of nitrogen functional groups attached to an aromatic ring is 1. The smallest absolute Gasteiger partial charge is 0.269 e. The molecule has 2 aromatic rings. The molecular formula is C11H17N7OS. The van der Waals surface area contributed by atoms with Gasteiger partial charge < -0.3 is 4.90 Å². The monoisotopic (exact) mass is 295 g/mol. The lowest BCUT2D eigenvalue weighted by Gasteiger charge is -2.17. The minimum absolute atomic E-state index is 0.164.